The Hall–Kier alpha value is -2.23. The second-order valence-corrected chi connectivity index (χ2v) is 12.8. The van der Waals surface area contributed by atoms with E-state index in [0.717, 1.165) is 18.4 Å². The molecule has 2 aromatic rings. The number of hydrogen-bond acceptors (Lipinski definition) is 4. The molecule has 0 amide bonds. The summed E-state index contributed by atoms with van der Waals surface area (Å²) in [7, 11) is 1.40. The fourth-order valence-corrected chi connectivity index (χ4v) is 10.0. The third-order valence-corrected chi connectivity index (χ3v) is 11.8. The summed E-state index contributed by atoms with van der Waals surface area (Å²) in [5.74, 6) is -0.0552. The van der Waals surface area contributed by atoms with E-state index in [4.69, 9.17) is 4.74 Å². The van der Waals surface area contributed by atoms with E-state index in [1.165, 1.54) is 7.11 Å². The first kappa shape index (κ1) is 23.9. The van der Waals surface area contributed by atoms with Crippen molar-refractivity contribution in [2.75, 3.05) is 7.11 Å². The molecule has 5 heteroatoms. The van der Waals surface area contributed by atoms with Crippen LogP contribution in [0.25, 0.3) is 0 Å². The molecule has 2 bridgehead atoms. The van der Waals surface area contributed by atoms with Gasteiger partial charge in [-0.2, -0.15) is 0 Å². The summed E-state index contributed by atoms with van der Waals surface area (Å²) < 4.78 is 5.26. The number of rotatable bonds is 8. The van der Waals surface area contributed by atoms with E-state index in [9.17, 15) is 14.4 Å². The molecule has 2 saturated carbocycles. The summed E-state index contributed by atoms with van der Waals surface area (Å²) >= 11 is -0.318. The molecule has 0 heterocycles. The molecule has 0 N–H and O–H groups in total. The molecule has 0 radical (unpaired) electrons. The van der Waals surface area contributed by atoms with Crippen molar-refractivity contribution in [1.82, 2.24) is 0 Å². The second-order valence-electron chi connectivity index (χ2n) is 10.1. The summed E-state index contributed by atoms with van der Waals surface area (Å²) in [6.07, 6.45) is 2.16. The standard InChI is InChI=1S/C28H32O4Se/c1-27(2)21-15-16-28(27,3)25(30)24(21)33-23(26(31)32-4)20(18-11-7-5-8-12-18)17-22(29)19-13-9-6-10-14-19/h5-14,20-21,23-24H,15-17H2,1-4H3/t20-,21?,23-,24?,28?/m1/s1. The van der Waals surface area contributed by atoms with E-state index >= 15 is 0 Å². The van der Waals surface area contributed by atoms with Crippen molar-refractivity contribution in [2.24, 2.45) is 16.7 Å². The van der Waals surface area contributed by atoms with Gasteiger partial charge in [0.1, 0.15) is 0 Å². The van der Waals surface area contributed by atoms with Crippen LogP contribution in [0.3, 0.4) is 0 Å². The molecule has 2 fully saturated rings. The van der Waals surface area contributed by atoms with Gasteiger partial charge in [-0.1, -0.05) is 0 Å². The molecular formula is C28H32O4Se. The summed E-state index contributed by atoms with van der Waals surface area (Å²) in [5, 5.41) is 0. The van der Waals surface area contributed by atoms with Crippen LogP contribution in [0.15, 0.2) is 60.7 Å². The summed E-state index contributed by atoms with van der Waals surface area (Å²) in [4.78, 5) is 39.3. The molecule has 0 aliphatic heterocycles. The Kier molecular flexibility index (Phi) is 6.66. The van der Waals surface area contributed by atoms with Crippen LogP contribution in [0, 0.1) is 16.7 Å². The van der Waals surface area contributed by atoms with Crippen molar-refractivity contribution in [3.8, 4) is 0 Å². The zero-order valence-electron chi connectivity index (χ0n) is 19.7. The molecule has 33 heavy (non-hydrogen) atoms. The number of Topliss-reactive ketones (excluding diaryl/α,β-unsaturated/α-hetero) is 2. The molecule has 0 aromatic heterocycles. The van der Waals surface area contributed by atoms with Gasteiger partial charge in [-0.25, -0.2) is 0 Å². The first-order valence-electron chi connectivity index (χ1n) is 11.6. The van der Waals surface area contributed by atoms with Gasteiger partial charge in [0, 0.05) is 0 Å². The summed E-state index contributed by atoms with van der Waals surface area (Å²) in [5.41, 5.74) is 1.19. The van der Waals surface area contributed by atoms with Crippen LogP contribution in [0.2, 0.25) is 9.63 Å². The normalized spacial score (nSPS) is 27.2. The van der Waals surface area contributed by atoms with Crippen molar-refractivity contribution in [3.63, 3.8) is 0 Å². The zero-order valence-corrected chi connectivity index (χ0v) is 21.5. The number of carbonyl (C=O) groups is 3. The van der Waals surface area contributed by atoms with Crippen LogP contribution in [-0.2, 0) is 14.3 Å². The molecule has 2 aliphatic carbocycles. The molecule has 3 unspecified atom stereocenters. The monoisotopic (exact) mass is 512 g/mol. The molecule has 0 spiro atoms. The third-order valence-electron chi connectivity index (χ3n) is 8.29. The van der Waals surface area contributed by atoms with Crippen LogP contribution >= 0.6 is 0 Å². The van der Waals surface area contributed by atoms with Crippen molar-refractivity contribution in [3.05, 3.63) is 71.8 Å². The Bertz CT molecular complexity index is 1030. The third kappa shape index (κ3) is 4.11. The van der Waals surface area contributed by atoms with Gasteiger partial charge in [0.25, 0.3) is 0 Å². The number of carbonyl (C=O) groups excluding carboxylic acids is 3. The average Bonchev–Trinajstić information content (AvgIpc) is 3.14. The number of esters is 1. The molecule has 5 atom stereocenters. The minimum absolute atomic E-state index is 0.000664. The predicted molar refractivity (Wildman–Crippen MR) is 129 cm³/mol. The molecular weight excluding hydrogens is 479 g/mol. The first-order valence-corrected chi connectivity index (χ1v) is 13.6. The SMILES string of the molecule is COC(=O)[C@H]([Se]C1C(=O)C2(C)CCC1C2(C)C)[C@H](CC(=O)c1ccccc1)c1ccccc1. The van der Waals surface area contributed by atoms with E-state index in [0.29, 0.717) is 11.3 Å². The van der Waals surface area contributed by atoms with Crippen LogP contribution in [0.4, 0.5) is 0 Å². The Morgan fingerprint density at radius 1 is 1.03 bits per heavy atom. The van der Waals surface area contributed by atoms with E-state index < -0.39 is 4.82 Å². The van der Waals surface area contributed by atoms with Gasteiger partial charge < -0.3 is 0 Å². The Morgan fingerprint density at radius 2 is 1.64 bits per heavy atom. The van der Waals surface area contributed by atoms with Gasteiger partial charge in [0.2, 0.25) is 0 Å². The molecule has 2 aliphatic rings. The first-order chi connectivity index (χ1) is 15.7. The average molecular weight is 512 g/mol. The summed E-state index contributed by atoms with van der Waals surface area (Å²) in [6, 6.07) is 19.0. The summed E-state index contributed by atoms with van der Waals surface area (Å²) in [6.45, 7) is 6.52. The maximum atomic E-state index is 13.6. The fraction of sp³-hybridized carbons (Fsp3) is 0.464. The second kappa shape index (κ2) is 9.19. The minimum atomic E-state index is -0.495. The molecule has 4 rings (SSSR count). The zero-order chi connectivity index (χ0) is 23.8. The molecule has 4 nitrogen and oxygen atoms in total. The van der Waals surface area contributed by atoms with E-state index in [2.05, 4.69) is 20.8 Å². The van der Waals surface area contributed by atoms with Gasteiger partial charge in [0.15, 0.2) is 0 Å². The Labute approximate surface area is 202 Å². The van der Waals surface area contributed by atoms with E-state index in [1.807, 2.05) is 60.7 Å². The topological polar surface area (TPSA) is 60.4 Å². The number of methoxy groups -OCH3 is 1. The van der Waals surface area contributed by atoms with Gasteiger partial charge in [0.05, 0.1) is 0 Å². The van der Waals surface area contributed by atoms with Crippen LogP contribution in [-0.4, -0.2) is 39.6 Å². The number of ketones is 2. The maximum absolute atomic E-state index is 13.6. The van der Waals surface area contributed by atoms with Gasteiger partial charge in [-0.3, -0.25) is 0 Å². The van der Waals surface area contributed by atoms with E-state index in [1.54, 1.807) is 0 Å². The van der Waals surface area contributed by atoms with Crippen LogP contribution < -0.4 is 0 Å². The van der Waals surface area contributed by atoms with E-state index in [-0.39, 0.29) is 60.6 Å². The van der Waals surface area contributed by atoms with Crippen molar-refractivity contribution < 1.29 is 19.1 Å². The number of benzene rings is 2. The van der Waals surface area contributed by atoms with Crippen molar-refractivity contribution >= 4 is 32.5 Å². The van der Waals surface area contributed by atoms with Gasteiger partial charge in [-0.15, -0.1) is 0 Å². The molecule has 174 valence electrons. The van der Waals surface area contributed by atoms with Crippen LogP contribution in [0.1, 0.15) is 61.9 Å². The quantitative estimate of drug-likeness (QED) is 0.266. The fourth-order valence-electron chi connectivity index (χ4n) is 5.79. The Morgan fingerprint density at radius 3 is 2.18 bits per heavy atom. The van der Waals surface area contributed by atoms with Gasteiger partial charge in [-0.05, 0) is 0 Å². The number of fused-ring (bicyclic) bond motifs is 2. The molecule has 2 aromatic carbocycles. The van der Waals surface area contributed by atoms with Crippen molar-refractivity contribution in [2.45, 2.75) is 55.6 Å². The molecule has 0 saturated heterocycles. The van der Waals surface area contributed by atoms with Crippen molar-refractivity contribution in [1.29, 1.82) is 0 Å². The van der Waals surface area contributed by atoms with Gasteiger partial charge >= 0.3 is 203 Å². The number of hydrogen-bond donors (Lipinski definition) is 0. The Balaban J connectivity index is 1.68. The van der Waals surface area contributed by atoms with Crippen LogP contribution in [0.5, 0.6) is 0 Å². The number of ether oxygens (including phenoxy) is 1. The predicted octanol–water partition coefficient (Wildman–Crippen LogP) is 5.52.